The minimum absolute atomic E-state index is 0.00934. The fourth-order valence-electron chi connectivity index (χ4n) is 3.63. The van der Waals surface area contributed by atoms with Gasteiger partial charge in [-0.3, -0.25) is 9.88 Å². The largest absolute Gasteiger partial charge is 0.474 e. The number of piperazine rings is 1. The molecule has 0 bridgehead atoms. The molecular weight excluding hydrogens is 292 g/mol. The number of hydrogen-bond acceptors (Lipinski definition) is 6. The first-order chi connectivity index (χ1) is 11.3. The zero-order valence-electron chi connectivity index (χ0n) is 14.0. The minimum Gasteiger partial charge on any atom is -0.474 e. The Kier molecular flexibility index (Phi) is 5.67. The summed E-state index contributed by atoms with van der Waals surface area (Å²) in [6.07, 6.45) is 8.85. The van der Waals surface area contributed by atoms with Crippen LogP contribution in [0.1, 0.15) is 32.6 Å². The molecule has 2 aliphatic rings. The Morgan fingerprint density at radius 3 is 2.57 bits per heavy atom. The van der Waals surface area contributed by atoms with Gasteiger partial charge in [0.25, 0.3) is 0 Å². The number of aliphatic hydroxyl groups excluding tert-OH is 1. The van der Waals surface area contributed by atoms with Crippen molar-refractivity contribution in [1.29, 1.82) is 0 Å². The summed E-state index contributed by atoms with van der Waals surface area (Å²) in [5, 5.41) is 8.83. The van der Waals surface area contributed by atoms with E-state index in [1.54, 1.807) is 12.4 Å². The Hall–Kier alpha value is -1.40. The summed E-state index contributed by atoms with van der Waals surface area (Å²) in [6.45, 7) is 6.80. The highest BCUT2D eigenvalue weighted by Crippen LogP contribution is 2.28. The van der Waals surface area contributed by atoms with Gasteiger partial charge in [-0.25, -0.2) is 0 Å². The molecule has 1 aromatic heterocycles. The topological polar surface area (TPSA) is 61.7 Å². The van der Waals surface area contributed by atoms with E-state index in [0.29, 0.717) is 5.88 Å². The molecule has 3 rings (SSSR count). The van der Waals surface area contributed by atoms with Crippen molar-refractivity contribution in [3.05, 3.63) is 12.4 Å². The van der Waals surface area contributed by atoms with Crippen LogP contribution in [0.5, 0.6) is 5.88 Å². The zero-order valence-corrected chi connectivity index (χ0v) is 14.0. The molecule has 1 aliphatic carbocycles. The molecule has 1 aliphatic heterocycles. The van der Waals surface area contributed by atoms with Gasteiger partial charge in [0.1, 0.15) is 6.61 Å². The van der Waals surface area contributed by atoms with Gasteiger partial charge in [0.15, 0.2) is 5.82 Å². The summed E-state index contributed by atoms with van der Waals surface area (Å²) in [6, 6.07) is 0.777. The SMILES string of the molecule is CC1CCC(N2CCN(c3cncc(OCCO)n3)CC2)CC1. The minimum atomic E-state index is -0.00934. The first-order valence-electron chi connectivity index (χ1n) is 8.81. The molecule has 0 spiro atoms. The van der Waals surface area contributed by atoms with E-state index in [1.165, 1.54) is 25.7 Å². The molecule has 0 radical (unpaired) electrons. The van der Waals surface area contributed by atoms with Gasteiger partial charge in [-0.1, -0.05) is 6.92 Å². The van der Waals surface area contributed by atoms with Crippen LogP contribution in [-0.4, -0.2) is 65.4 Å². The number of anilines is 1. The van der Waals surface area contributed by atoms with E-state index in [1.807, 2.05) is 0 Å². The number of rotatable bonds is 5. The molecule has 0 aromatic carbocycles. The van der Waals surface area contributed by atoms with Crippen molar-refractivity contribution in [2.45, 2.75) is 38.6 Å². The molecule has 1 saturated carbocycles. The summed E-state index contributed by atoms with van der Waals surface area (Å²) in [7, 11) is 0. The summed E-state index contributed by atoms with van der Waals surface area (Å²) in [5.74, 6) is 2.27. The number of nitrogens with zero attached hydrogens (tertiary/aromatic N) is 4. The van der Waals surface area contributed by atoms with Crippen LogP contribution in [0.3, 0.4) is 0 Å². The van der Waals surface area contributed by atoms with Crippen molar-refractivity contribution < 1.29 is 9.84 Å². The van der Waals surface area contributed by atoms with Crippen LogP contribution in [0.2, 0.25) is 0 Å². The Morgan fingerprint density at radius 1 is 1.13 bits per heavy atom. The van der Waals surface area contributed by atoms with E-state index in [0.717, 1.165) is 44.0 Å². The van der Waals surface area contributed by atoms with Crippen molar-refractivity contribution in [1.82, 2.24) is 14.9 Å². The third-order valence-corrected chi connectivity index (χ3v) is 5.08. The number of aromatic nitrogens is 2. The molecule has 1 aromatic rings. The van der Waals surface area contributed by atoms with Gasteiger partial charge in [0.05, 0.1) is 19.0 Å². The second-order valence-electron chi connectivity index (χ2n) is 6.72. The molecule has 0 unspecified atom stereocenters. The van der Waals surface area contributed by atoms with Crippen LogP contribution in [-0.2, 0) is 0 Å². The summed E-state index contributed by atoms with van der Waals surface area (Å²) >= 11 is 0. The number of ether oxygens (including phenoxy) is 1. The molecule has 1 N–H and O–H groups in total. The Balaban J connectivity index is 1.52. The summed E-state index contributed by atoms with van der Waals surface area (Å²) in [4.78, 5) is 13.6. The van der Waals surface area contributed by atoms with Crippen molar-refractivity contribution in [3.8, 4) is 5.88 Å². The van der Waals surface area contributed by atoms with Crippen LogP contribution in [0.15, 0.2) is 12.4 Å². The predicted octanol–water partition coefficient (Wildman–Crippen LogP) is 1.55. The van der Waals surface area contributed by atoms with E-state index in [-0.39, 0.29) is 13.2 Å². The Bertz CT molecular complexity index is 483. The average molecular weight is 320 g/mol. The summed E-state index contributed by atoms with van der Waals surface area (Å²) < 4.78 is 5.35. The zero-order chi connectivity index (χ0) is 16.1. The lowest BCUT2D eigenvalue weighted by Gasteiger charge is -2.41. The molecular formula is C17H28N4O2. The van der Waals surface area contributed by atoms with Crippen molar-refractivity contribution >= 4 is 5.82 Å². The van der Waals surface area contributed by atoms with Gasteiger partial charge in [-0.15, -0.1) is 0 Å². The maximum atomic E-state index is 8.83. The van der Waals surface area contributed by atoms with E-state index >= 15 is 0 Å². The van der Waals surface area contributed by atoms with Gasteiger partial charge in [0, 0.05) is 32.2 Å². The fraction of sp³-hybridized carbons (Fsp3) is 0.765. The van der Waals surface area contributed by atoms with Crippen LogP contribution < -0.4 is 9.64 Å². The predicted molar refractivity (Wildman–Crippen MR) is 89.8 cm³/mol. The third-order valence-electron chi connectivity index (χ3n) is 5.08. The van der Waals surface area contributed by atoms with Crippen LogP contribution in [0.4, 0.5) is 5.82 Å². The van der Waals surface area contributed by atoms with Gasteiger partial charge in [-0.2, -0.15) is 4.98 Å². The van der Waals surface area contributed by atoms with E-state index in [2.05, 4.69) is 26.7 Å². The molecule has 0 atom stereocenters. The fourth-order valence-corrected chi connectivity index (χ4v) is 3.63. The van der Waals surface area contributed by atoms with Crippen molar-refractivity contribution in [3.63, 3.8) is 0 Å². The quantitative estimate of drug-likeness (QED) is 0.888. The first kappa shape index (κ1) is 16.5. The number of aliphatic hydroxyl groups is 1. The monoisotopic (exact) mass is 320 g/mol. The van der Waals surface area contributed by atoms with Gasteiger partial charge < -0.3 is 14.7 Å². The Labute approximate surface area is 138 Å². The first-order valence-corrected chi connectivity index (χ1v) is 8.81. The van der Waals surface area contributed by atoms with E-state index in [4.69, 9.17) is 9.84 Å². The van der Waals surface area contributed by atoms with Gasteiger partial charge >= 0.3 is 0 Å². The molecule has 6 nitrogen and oxygen atoms in total. The van der Waals surface area contributed by atoms with E-state index < -0.39 is 0 Å². The second-order valence-corrected chi connectivity index (χ2v) is 6.72. The molecule has 23 heavy (non-hydrogen) atoms. The highest BCUT2D eigenvalue weighted by Gasteiger charge is 2.27. The lowest BCUT2D eigenvalue weighted by atomic mass is 9.86. The molecule has 6 heteroatoms. The van der Waals surface area contributed by atoms with Gasteiger partial charge in [-0.05, 0) is 31.6 Å². The maximum Gasteiger partial charge on any atom is 0.234 e. The molecule has 2 heterocycles. The highest BCUT2D eigenvalue weighted by atomic mass is 16.5. The maximum absolute atomic E-state index is 8.83. The normalized spacial score (nSPS) is 26.3. The summed E-state index contributed by atoms with van der Waals surface area (Å²) in [5.41, 5.74) is 0. The lowest BCUT2D eigenvalue weighted by molar-refractivity contribution is 0.132. The molecule has 1 saturated heterocycles. The molecule has 2 fully saturated rings. The van der Waals surface area contributed by atoms with Gasteiger partial charge in [0.2, 0.25) is 5.88 Å². The van der Waals surface area contributed by atoms with E-state index in [9.17, 15) is 0 Å². The third kappa shape index (κ3) is 4.32. The molecule has 128 valence electrons. The molecule has 0 amide bonds. The second kappa shape index (κ2) is 7.93. The standard InChI is InChI=1S/C17H28N4O2/c1-14-2-4-15(5-3-14)20-6-8-21(9-7-20)16-12-18-13-17(19-16)23-11-10-22/h12-15,22H,2-11H2,1H3. The van der Waals surface area contributed by atoms with Crippen LogP contribution >= 0.6 is 0 Å². The van der Waals surface area contributed by atoms with Crippen molar-refractivity contribution in [2.75, 3.05) is 44.3 Å². The van der Waals surface area contributed by atoms with Crippen LogP contribution in [0.25, 0.3) is 0 Å². The lowest BCUT2D eigenvalue weighted by Crippen LogP contribution is -2.51. The number of hydrogen-bond donors (Lipinski definition) is 1. The highest BCUT2D eigenvalue weighted by molar-refractivity contribution is 5.38. The smallest absolute Gasteiger partial charge is 0.234 e. The Morgan fingerprint density at radius 2 is 1.87 bits per heavy atom. The van der Waals surface area contributed by atoms with Crippen LogP contribution in [0, 0.1) is 5.92 Å². The average Bonchev–Trinajstić information content (AvgIpc) is 2.61. The van der Waals surface area contributed by atoms with Crippen molar-refractivity contribution in [2.24, 2.45) is 5.92 Å².